The third-order valence-electron chi connectivity index (χ3n) is 2.75. The minimum Gasteiger partial charge on any atom is -0.359 e. The molecule has 2 aromatic rings. The maximum atomic E-state index is 12.4. The first-order valence-corrected chi connectivity index (χ1v) is 6.61. The second kappa shape index (κ2) is 6.26. The van der Waals surface area contributed by atoms with Gasteiger partial charge in [-0.3, -0.25) is 5.32 Å². The zero-order valence-electron chi connectivity index (χ0n) is 12.4. The molecule has 11 heteroatoms. The molecule has 1 unspecified atom stereocenters. The maximum Gasteiger partial charge on any atom is 0.455 e. The molecule has 2 amide bonds. The van der Waals surface area contributed by atoms with Crippen LogP contribution in [0.2, 0.25) is 0 Å². The van der Waals surface area contributed by atoms with Crippen LogP contribution in [0, 0.1) is 0 Å². The average molecular weight is 333 g/mol. The normalized spacial score (nSPS) is 13.2. The van der Waals surface area contributed by atoms with Gasteiger partial charge in [0.15, 0.2) is 5.82 Å². The van der Waals surface area contributed by atoms with Gasteiger partial charge in [0.1, 0.15) is 11.8 Å². The summed E-state index contributed by atoms with van der Waals surface area (Å²) in [6.07, 6.45) is -4.71. The molecule has 0 aliphatic carbocycles. The largest absolute Gasteiger partial charge is 0.455 e. The first kappa shape index (κ1) is 16.8. The summed E-state index contributed by atoms with van der Waals surface area (Å²) in [5.74, 6) is -0.908. The van der Waals surface area contributed by atoms with Crippen LogP contribution in [0.4, 0.5) is 23.8 Å². The number of hydrogen-bond donors (Lipinski definition) is 2. The molecular weight excluding hydrogens is 319 g/mol. The lowest BCUT2D eigenvalue weighted by Gasteiger charge is -2.09. The molecule has 0 fully saturated rings. The molecular formula is C12H14F3N5O3. The number of anilines is 1. The molecule has 0 saturated carbocycles. The van der Waals surface area contributed by atoms with Crippen LogP contribution in [0.3, 0.4) is 0 Å². The highest BCUT2D eigenvalue weighted by atomic mass is 19.4. The SMILES string of the molecule is CC(C)c1cc(NC(=O)NC(C)c2nc(C(F)(F)F)no2)no1. The summed E-state index contributed by atoms with van der Waals surface area (Å²) in [5.41, 5.74) is 0. The van der Waals surface area contributed by atoms with Gasteiger partial charge < -0.3 is 14.4 Å². The third-order valence-corrected chi connectivity index (χ3v) is 2.75. The minimum absolute atomic E-state index is 0.0965. The van der Waals surface area contributed by atoms with Crippen molar-refractivity contribution in [3.8, 4) is 0 Å². The van der Waals surface area contributed by atoms with Crippen LogP contribution in [0.15, 0.2) is 15.1 Å². The summed E-state index contributed by atoms with van der Waals surface area (Å²) in [6, 6.07) is -0.0773. The number of nitrogens with one attached hydrogen (secondary N) is 2. The fourth-order valence-corrected chi connectivity index (χ4v) is 1.56. The predicted molar refractivity (Wildman–Crippen MR) is 70.5 cm³/mol. The van der Waals surface area contributed by atoms with Gasteiger partial charge in [-0.25, -0.2) is 4.79 Å². The Morgan fingerprint density at radius 1 is 1.22 bits per heavy atom. The molecule has 2 heterocycles. The molecule has 1 atom stereocenters. The van der Waals surface area contributed by atoms with E-state index < -0.39 is 24.1 Å². The Hall–Kier alpha value is -2.59. The van der Waals surface area contributed by atoms with Gasteiger partial charge in [0, 0.05) is 12.0 Å². The van der Waals surface area contributed by atoms with Gasteiger partial charge in [-0.05, 0) is 6.92 Å². The molecule has 0 saturated heterocycles. The van der Waals surface area contributed by atoms with Crippen molar-refractivity contribution >= 4 is 11.8 Å². The van der Waals surface area contributed by atoms with Crippen molar-refractivity contribution in [2.75, 3.05) is 5.32 Å². The van der Waals surface area contributed by atoms with Gasteiger partial charge in [0.05, 0.1) is 0 Å². The summed E-state index contributed by atoms with van der Waals surface area (Å²) in [6.45, 7) is 5.18. The van der Waals surface area contributed by atoms with Gasteiger partial charge in [0.2, 0.25) is 5.89 Å². The van der Waals surface area contributed by atoms with Crippen molar-refractivity contribution in [1.82, 2.24) is 20.6 Å². The summed E-state index contributed by atoms with van der Waals surface area (Å²) >= 11 is 0. The first-order chi connectivity index (χ1) is 10.7. The maximum absolute atomic E-state index is 12.4. The number of nitrogens with zero attached hydrogens (tertiary/aromatic N) is 3. The molecule has 0 aliphatic rings. The lowest BCUT2D eigenvalue weighted by molar-refractivity contribution is -0.146. The summed E-state index contributed by atoms with van der Waals surface area (Å²) in [7, 11) is 0. The van der Waals surface area contributed by atoms with E-state index in [0.29, 0.717) is 5.76 Å². The first-order valence-electron chi connectivity index (χ1n) is 6.61. The van der Waals surface area contributed by atoms with Gasteiger partial charge in [0.25, 0.3) is 5.82 Å². The van der Waals surface area contributed by atoms with Crippen LogP contribution in [0.5, 0.6) is 0 Å². The molecule has 0 bridgehead atoms. The summed E-state index contributed by atoms with van der Waals surface area (Å²) < 4.78 is 46.6. The van der Waals surface area contributed by atoms with Crippen molar-refractivity contribution in [3.63, 3.8) is 0 Å². The number of carbonyl (C=O) groups is 1. The monoisotopic (exact) mass is 333 g/mol. The molecule has 2 aromatic heterocycles. The second-order valence-electron chi connectivity index (χ2n) is 5.04. The Bertz CT molecular complexity index is 680. The molecule has 8 nitrogen and oxygen atoms in total. The molecule has 0 aromatic carbocycles. The lowest BCUT2D eigenvalue weighted by Crippen LogP contribution is -2.31. The molecule has 2 N–H and O–H groups in total. The smallest absolute Gasteiger partial charge is 0.359 e. The Kier molecular flexibility index (Phi) is 4.57. The fourth-order valence-electron chi connectivity index (χ4n) is 1.56. The van der Waals surface area contributed by atoms with Gasteiger partial charge >= 0.3 is 12.2 Å². The van der Waals surface area contributed by atoms with E-state index in [0.717, 1.165) is 0 Å². The van der Waals surface area contributed by atoms with Crippen LogP contribution in [0.25, 0.3) is 0 Å². The lowest BCUT2D eigenvalue weighted by atomic mass is 10.2. The van der Waals surface area contributed by atoms with E-state index in [1.807, 2.05) is 13.8 Å². The standard InChI is InChI=1S/C12H14F3N5O3/c1-5(2)7-4-8(19-22-7)17-11(21)16-6(3)9-18-10(20-23-9)12(13,14)15/h4-6H,1-3H3,(H2,16,17,19,21). The zero-order valence-corrected chi connectivity index (χ0v) is 12.4. The molecule has 126 valence electrons. The summed E-state index contributed by atoms with van der Waals surface area (Å²) in [4.78, 5) is 15.0. The van der Waals surface area contributed by atoms with E-state index in [4.69, 9.17) is 4.52 Å². The quantitative estimate of drug-likeness (QED) is 0.890. The Labute approximate surface area is 128 Å². The van der Waals surface area contributed by atoms with E-state index in [9.17, 15) is 18.0 Å². The minimum atomic E-state index is -4.71. The summed E-state index contributed by atoms with van der Waals surface area (Å²) in [5, 5.41) is 11.2. The van der Waals surface area contributed by atoms with Crippen molar-refractivity contribution in [1.29, 1.82) is 0 Å². The van der Waals surface area contributed by atoms with Gasteiger partial charge in [-0.2, -0.15) is 18.2 Å². The molecule has 23 heavy (non-hydrogen) atoms. The van der Waals surface area contributed by atoms with E-state index in [2.05, 4.69) is 30.5 Å². The molecule has 2 rings (SSSR count). The number of amides is 2. The van der Waals surface area contributed by atoms with Crippen molar-refractivity contribution in [2.45, 2.75) is 38.9 Å². The van der Waals surface area contributed by atoms with E-state index >= 15 is 0 Å². The second-order valence-corrected chi connectivity index (χ2v) is 5.04. The number of rotatable bonds is 4. The highest BCUT2D eigenvalue weighted by Gasteiger charge is 2.37. The van der Waals surface area contributed by atoms with Crippen LogP contribution in [-0.4, -0.2) is 21.3 Å². The molecule has 0 radical (unpaired) electrons. The topological polar surface area (TPSA) is 106 Å². The number of halogens is 3. The van der Waals surface area contributed by atoms with E-state index in [1.165, 1.54) is 6.92 Å². The molecule has 0 aliphatic heterocycles. The Balaban J connectivity index is 1.95. The number of hydrogen-bond acceptors (Lipinski definition) is 6. The van der Waals surface area contributed by atoms with Gasteiger partial charge in [-0.15, -0.1) is 0 Å². The van der Waals surface area contributed by atoms with Crippen LogP contribution in [-0.2, 0) is 6.18 Å². The van der Waals surface area contributed by atoms with Crippen LogP contribution < -0.4 is 10.6 Å². The number of carbonyl (C=O) groups excluding carboxylic acids is 1. The predicted octanol–water partition coefficient (Wildman–Crippen LogP) is 3.08. The number of alkyl halides is 3. The third kappa shape index (κ3) is 4.20. The van der Waals surface area contributed by atoms with Gasteiger partial charge in [-0.1, -0.05) is 24.2 Å². The van der Waals surface area contributed by atoms with Crippen molar-refractivity contribution < 1.29 is 27.0 Å². The fraction of sp³-hybridized carbons (Fsp3) is 0.500. The van der Waals surface area contributed by atoms with E-state index in [1.54, 1.807) is 6.07 Å². The van der Waals surface area contributed by atoms with E-state index in [-0.39, 0.29) is 17.6 Å². The molecule has 0 spiro atoms. The highest BCUT2D eigenvalue weighted by molar-refractivity contribution is 5.88. The number of aromatic nitrogens is 3. The van der Waals surface area contributed by atoms with Crippen molar-refractivity contribution in [2.24, 2.45) is 0 Å². The average Bonchev–Trinajstić information content (AvgIpc) is 3.05. The Morgan fingerprint density at radius 2 is 1.91 bits per heavy atom. The zero-order chi connectivity index (χ0) is 17.2. The number of urea groups is 1. The highest BCUT2D eigenvalue weighted by Crippen LogP contribution is 2.27. The van der Waals surface area contributed by atoms with Crippen LogP contribution in [0.1, 0.15) is 50.2 Å². The Morgan fingerprint density at radius 3 is 2.43 bits per heavy atom. The van der Waals surface area contributed by atoms with Crippen LogP contribution >= 0.6 is 0 Å². The van der Waals surface area contributed by atoms with Crippen molar-refractivity contribution in [3.05, 3.63) is 23.5 Å².